The highest BCUT2D eigenvalue weighted by Crippen LogP contribution is 2.53. The molecule has 3 nitrogen and oxygen atoms in total. The zero-order chi connectivity index (χ0) is 16.4. The highest BCUT2D eigenvalue weighted by Gasteiger charge is 2.47. The molecule has 132 valence electrons. The monoisotopic (exact) mass is 328 g/mol. The second-order valence-corrected chi connectivity index (χ2v) is 8.22. The van der Waals surface area contributed by atoms with Gasteiger partial charge in [0.15, 0.2) is 0 Å². The van der Waals surface area contributed by atoms with Gasteiger partial charge < -0.3 is 15.4 Å². The number of hydrogen-bond acceptors (Lipinski definition) is 3. The molecule has 0 aromatic heterocycles. The van der Waals surface area contributed by atoms with E-state index < -0.39 is 0 Å². The molecule has 0 saturated heterocycles. The summed E-state index contributed by atoms with van der Waals surface area (Å²) in [6, 6.07) is 9.14. The fourth-order valence-electron chi connectivity index (χ4n) is 5.84. The van der Waals surface area contributed by atoms with E-state index in [1.165, 1.54) is 31.2 Å². The molecule has 0 unspecified atom stereocenters. The summed E-state index contributed by atoms with van der Waals surface area (Å²) in [5, 5.41) is 7.49. The Morgan fingerprint density at radius 1 is 0.917 bits per heavy atom. The SMILES string of the molecule is COc1ccccc1CCNCCNC1C2CC3CC(C2)CC1C3. The molecule has 3 heteroatoms. The van der Waals surface area contributed by atoms with Crippen molar-refractivity contribution in [3.05, 3.63) is 29.8 Å². The quantitative estimate of drug-likeness (QED) is 0.719. The maximum atomic E-state index is 5.42. The van der Waals surface area contributed by atoms with Gasteiger partial charge in [-0.25, -0.2) is 0 Å². The smallest absolute Gasteiger partial charge is 0.122 e. The van der Waals surface area contributed by atoms with Gasteiger partial charge >= 0.3 is 0 Å². The van der Waals surface area contributed by atoms with Crippen LogP contribution in [-0.2, 0) is 6.42 Å². The Morgan fingerprint density at radius 2 is 1.62 bits per heavy atom. The van der Waals surface area contributed by atoms with Crippen molar-refractivity contribution in [2.45, 2.75) is 44.6 Å². The molecule has 2 N–H and O–H groups in total. The highest BCUT2D eigenvalue weighted by atomic mass is 16.5. The van der Waals surface area contributed by atoms with Crippen molar-refractivity contribution in [1.29, 1.82) is 0 Å². The molecule has 0 radical (unpaired) electrons. The van der Waals surface area contributed by atoms with E-state index in [9.17, 15) is 0 Å². The van der Waals surface area contributed by atoms with E-state index >= 15 is 0 Å². The van der Waals surface area contributed by atoms with Crippen molar-refractivity contribution >= 4 is 0 Å². The van der Waals surface area contributed by atoms with Crippen LogP contribution in [-0.4, -0.2) is 32.8 Å². The van der Waals surface area contributed by atoms with Gasteiger partial charge in [-0.1, -0.05) is 18.2 Å². The zero-order valence-electron chi connectivity index (χ0n) is 15.0. The van der Waals surface area contributed by atoms with Crippen LogP contribution in [0.15, 0.2) is 24.3 Å². The molecule has 5 rings (SSSR count). The molecule has 4 aliphatic rings. The summed E-state index contributed by atoms with van der Waals surface area (Å²) in [6.07, 6.45) is 8.60. The van der Waals surface area contributed by atoms with E-state index in [0.717, 1.165) is 61.5 Å². The summed E-state index contributed by atoms with van der Waals surface area (Å²) in [6.45, 7) is 3.20. The average molecular weight is 329 g/mol. The second-order valence-electron chi connectivity index (χ2n) is 8.22. The maximum Gasteiger partial charge on any atom is 0.122 e. The van der Waals surface area contributed by atoms with Crippen molar-refractivity contribution in [3.63, 3.8) is 0 Å². The van der Waals surface area contributed by atoms with Crippen molar-refractivity contribution < 1.29 is 4.74 Å². The largest absolute Gasteiger partial charge is 0.496 e. The predicted molar refractivity (Wildman–Crippen MR) is 98.4 cm³/mol. The standard InChI is InChI=1S/C21H32N2O/c1-24-20-5-3-2-4-17(20)6-7-22-8-9-23-21-18-11-15-10-16(13-18)14-19(21)12-15/h2-5,15-16,18-19,21-23H,6-14H2,1H3. The van der Waals surface area contributed by atoms with E-state index in [-0.39, 0.29) is 0 Å². The van der Waals surface area contributed by atoms with Gasteiger partial charge in [0.1, 0.15) is 5.75 Å². The lowest BCUT2D eigenvalue weighted by Gasteiger charge is -2.54. The van der Waals surface area contributed by atoms with Crippen molar-refractivity contribution in [2.75, 3.05) is 26.7 Å². The van der Waals surface area contributed by atoms with Crippen LogP contribution in [0.4, 0.5) is 0 Å². The molecule has 4 saturated carbocycles. The first-order valence-electron chi connectivity index (χ1n) is 9.89. The molecular weight excluding hydrogens is 296 g/mol. The lowest BCUT2D eigenvalue weighted by molar-refractivity contribution is -0.0133. The number of rotatable bonds is 8. The number of methoxy groups -OCH3 is 1. The van der Waals surface area contributed by atoms with Gasteiger partial charge in [0.05, 0.1) is 7.11 Å². The molecule has 0 atom stereocenters. The minimum Gasteiger partial charge on any atom is -0.496 e. The summed E-state index contributed by atoms with van der Waals surface area (Å²) in [5.41, 5.74) is 1.29. The summed E-state index contributed by atoms with van der Waals surface area (Å²) < 4.78 is 5.42. The number of benzene rings is 1. The first-order chi connectivity index (χ1) is 11.8. The topological polar surface area (TPSA) is 33.3 Å². The Kier molecular flexibility index (Phi) is 5.09. The van der Waals surface area contributed by atoms with Crippen LogP contribution in [0.1, 0.15) is 37.7 Å². The lowest BCUT2D eigenvalue weighted by atomic mass is 9.54. The van der Waals surface area contributed by atoms with Gasteiger partial charge in [0, 0.05) is 19.1 Å². The fourth-order valence-corrected chi connectivity index (χ4v) is 5.84. The van der Waals surface area contributed by atoms with E-state index in [0.29, 0.717) is 0 Å². The molecular formula is C21H32N2O. The van der Waals surface area contributed by atoms with Gasteiger partial charge in [-0.05, 0) is 80.4 Å². The molecule has 4 fully saturated rings. The van der Waals surface area contributed by atoms with Crippen molar-refractivity contribution in [3.8, 4) is 5.75 Å². The first kappa shape index (κ1) is 16.4. The molecule has 4 bridgehead atoms. The molecule has 0 amide bonds. The summed E-state index contributed by atoms with van der Waals surface area (Å²) in [7, 11) is 1.75. The van der Waals surface area contributed by atoms with E-state index in [2.05, 4.69) is 22.8 Å². The van der Waals surface area contributed by atoms with E-state index in [1.807, 2.05) is 12.1 Å². The van der Waals surface area contributed by atoms with Crippen LogP contribution in [0.2, 0.25) is 0 Å². The average Bonchev–Trinajstić information content (AvgIpc) is 2.59. The van der Waals surface area contributed by atoms with E-state index in [1.54, 1.807) is 13.5 Å². The Hall–Kier alpha value is -1.06. The summed E-state index contributed by atoms with van der Waals surface area (Å²) >= 11 is 0. The highest BCUT2D eigenvalue weighted by molar-refractivity contribution is 5.33. The van der Waals surface area contributed by atoms with Crippen molar-refractivity contribution in [1.82, 2.24) is 10.6 Å². The van der Waals surface area contributed by atoms with Gasteiger partial charge in [-0.2, -0.15) is 0 Å². The van der Waals surface area contributed by atoms with Crippen LogP contribution in [0.25, 0.3) is 0 Å². The molecule has 0 heterocycles. The molecule has 0 spiro atoms. The molecule has 24 heavy (non-hydrogen) atoms. The predicted octanol–water partition coefficient (Wildman–Crippen LogP) is 3.24. The third-order valence-electron chi connectivity index (χ3n) is 6.67. The summed E-state index contributed by atoms with van der Waals surface area (Å²) in [4.78, 5) is 0. The number of ether oxygens (including phenoxy) is 1. The van der Waals surface area contributed by atoms with Crippen LogP contribution < -0.4 is 15.4 Å². The van der Waals surface area contributed by atoms with Gasteiger partial charge in [0.2, 0.25) is 0 Å². The lowest BCUT2D eigenvalue weighted by Crippen LogP contribution is -2.55. The van der Waals surface area contributed by atoms with Gasteiger partial charge in [-0.3, -0.25) is 0 Å². The van der Waals surface area contributed by atoms with Gasteiger partial charge in [-0.15, -0.1) is 0 Å². The number of hydrogen-bond donors (Lipinski definition) is 2. The normalized spacial score (nSPS) is 33.8. The Labute approximate surface area is 146 Å². The molecule has 1 aromatic rings. The third-order valence-corrected chi connectivity index (χ3v) is 6.67. The first-order valence-corrected chi connectivity index (χ1v) is 9.89. The maximum absolute atomic E-state index is 5.42. The van der Waals surface area contributed by atoms with Gasteiger partial charge in [0.25, 0.3) is 0 Å². The Morgan fingerprint density at radius 3 is 2.33 bits per heavy atom. The van der Waals surface area contributed by atoms with Crippen LogP contribution in [0.3, 0.4) is 0 Å². The minimum absolute atomic E-state index is 0.814. The summed E-state index contributed by atoms with van der Waals surface area (Å²) in [5.74, 6) is 5.12. The number of nitrogens with one attached hydrogen (secondary N) is 2. The zero-order valence-corrected chi connectivity index (χ0v) is 15.0. The van der Waals surface area contributed by atoms with Crippen molar-refractivity contribution in [2.24, 2.45) is 23.7 Å². The molecule has 1 aromatic carbocycles. The van der Waals surface area contributed by atoms with Crippen LogP contribution in [0, 0.1) is 23.7 Å². The second kappa shape index (κ2) is 7.45. The minimum atomic E-state index is 0.814. The van der Waals surface area contributed by atoms with E-state index in [4.69, 9.17) is 4.74 Å². The molecule has 0 aliphatic heterocycles. The fraction of sp³-hybridized carbons (Fsp3) is 0.714. The Bertz CT molecular complexity index is 516. The third kappa shape index (κ3) is 3.48. The van der Waals surface area contributed by atoms with Crippen LogP contribution >= 0.6 is 0 Å². The molecule has 4 aliphatic carbocycles. The number of para-hydroxylation sites is 1. The Balaban J connectivity index is 1.15. The van der Waals surface area contributed by atoms with Crippen LogP contribution in [0.5, 0.6) is 5.75 Å².